The van der Waals surface area contributed by atoms with E-state index in [1.807, 2.05) is 6.55 Å². The first kappa shape index (κ1) is 14.6. The van der Waals surface area contributed by atoms with Gasteiger partial charge in [0.05, 0.1) is 0 Å². The van der Waals surface area contributed by atoms with E-state index in [-0.39, 0.29) is 0 Å². The normalized spacial score (nSPS) is 26.6. The highest BCUT2D eigenvalue weighted by atomic mass is 28.5. The molecule has 0 spiro atoms. The van der Waals surface area contributed by atoms with Gasteiger partial charge < -0.3 is 16.8 Å². The van der Waals surface area contributed by atoms with Crippen molar-refractivity contribution in [3.05, 3.63) is 0 Å². The molecular weight excluding hydrogens is 256 g/mol. The van der Waals surface area contributed by atoms with Gasteiger partial charge in [0.15, 0.2) is 0 Å². The van der Waals surface area contributed by atoms with Crippen LogP contribution in [0.5, 0.6) is 0 Å². The molecule has 0 aromatic rings. The van der Waals surface area contributed by atoms with E-state index in [4.69, 9.17) is 16.8 Å². The molecule has 4 nitrogen and oxygen atoms in total. The van der Waals surface area contributed by atoms with Crippen LogP contribution in [0, 0.1) is 0 Å². The third kappa shape index (κ3) is 4.40. The summed E-state index contributed by atoms with van der Waals surface area (Å²) in [4.78, 5) is 0. The Morgan fingerprint density at radius 1 is 0.875 bits per heavy atom. The van der Waals surface area contributed by atoms with Gasteiger partial charge in [-0.05, 0) is 32.6 Å². The molecule has 1 rings (SSSR count). The van der Waals surface area contributed by atoms with E-state index < -0.39 is 25.9 Å². The van der Waals surface area contributed by atoms with E-state index in [2.05, 4.69) is 33.1 Å². The third-order valence-electron chi connectivity index (χ3n) is 2.22. The van der Waals surface area contributed by atoms with Crippen LogP contribution in [0.4, 0.5) is 0 Å². The second-order valence-electron chi connectivity index (χ2n) is 5.17. The van der Waals surface area contributed by atoms with E-state index >= 15 is 0 Å². The lowest BCUT2D eigenvalue weighted by atomic mass is 10.4. The molecule has 0 aliphatic carbocycles. The molecule has 0 amide bonds. The standard InChI is InChI=1S/C9H24O4Si3/c1-7-8-9-10-16(6)12-14(2,3)11-15(4,5)13-16/h7-9H2,1-6H3. The predicted molar refractivity (Wildman–Crippen MR) is 70.7 cm³/mol. The number of hydrogen-bond acceptors (Lipinski definition) is 4. The fourth-order valence-corrected chi connectivity index (χ4v) is 16.5. The van der Waals surface area contributed by atoms with Gasteiger partial charge in [0.1, 0.15) is 0 Å². The number of unbranched alkanes of at least 4 members (excludes halogenated alkanes) is 1. The fourth-order valence-electron chi connectivity index (χ4n) is 2.01. The van der Waals surface area contributed by atoms with Crippen molar-refractivity contribution in [3.63, 3.8) is 0 Å². The lowest BCUT2D eigenvalue weighted by molar-refractivity contribution is 0.115. The quantitative estimate of drug-likeness (QED) is 0.586. The fraction of sp³-hybridized carbons (Fsp3) is 1.00. The minimum atomic E-state index is -2.45. The van der Waals surface area contributed by atoms with Crippen LogP contribution in [0.2, 0.25) is 32.7 Å². The van der Waals surface area contributed by atoms with Crippen LogP contribution in [0.25, 0.3) is 0 Å². The van der Waals surface area contributed by atoms with Crippen molar-refractivity contribution in [1.82, 2.24) is 0 Å². The van der Waals surface area contributed by atoms with Crippen molar-refractivity contribution in [2.45, 2.75) is 52.5 Å². The Morgan fingerprint density at radius 2 is 1.38 bits per heavy atom. The van der Waals surface area contributed by atoms with Gasteiger partial charge in [0, 0.05) is 13.2 Å². The van der Waals surface area contributed by atoms with Gasteiger partial charge in [-0.3, -0.25) is 0 Å². The van der Waals surface area contributed by atoms with Crippen LogP contribution in [0.15, 0.2) is 0 Å². The van der Waals surface area contributed by atoms with Crippen LogP contribution in [0.3, 0.4) is 0 Å². The molecule has 0 unspecified atom stereocenters. The summed E-state index contributed by atoms with van der Waals surface area (Å²) in [6.45, 7) is 13.1. The molecule has 1 saturated heterocycles. The van der Waals surface area contributed by atoms with Crippen molar-refractivity contribution in [3.8, 4) is 0 Å². The third-order valence-corrected chi connectivity index (χ3v) is 13.8. The molecule has 1 aliphatic rings. The molecule has 7 heteroatoms. The zero-order chi connectivity index (χ0) is 12.4. The van der Waals surface area contributed by atoms with Gasteiger partial charge >= 0.3 is 25.9 Å². The van der Waals surface area contributed by atoms with E-state index in [0.717, 1.165) is 19.4 Å². The lowest BCUT2D eigenvalue weighted by Gasteiger charge is -2.46. The maximum absolute atomic E-state index is 5.99. The summed E-state index contributed by atoms with van der Waals surface area (Å²) in [6.07, 6.45) is 2.18. The zero-order valence-corrected chi connectivity index (χ0v) is 14.3. The molecule has 0 bridgehead atoms. The summed E-state index contributed by atoms with van der Waals surface area (Å²) >= 11 is 0. The van der Waals surface area contributed by atoms with Gasteiger partial charge in [-0.2, -0.15) is 0 Å². The summed E-state index contributed by atoms with van der Waals surface area (Å²) < 4.78 is 23.8. The second-order valence-corrected chi connectivity index (χ2v) is 15.2. The summed E-state index contributed by atoms with van der Waals surface area (Å²) in [6, 6.07) is 0. The average Bonchev–Trinajstić information content (AvgIpc) is 1.96. The first-order valence-electron chi connectivity index (χ1n) is 5.92. The van der Waals surface area contributed by atoms with Crippen molar-refractivity contribution < 1.29 is 16.8 Å². The molecule has 16 heavy (non-hydrogen) atoms. The maximum Gasteiger partial charge on any atom is 0.479 e. The Labute approximate surface area is 102 Å². The molecule has 0 radical (unpaired) electrons. The predicted octanol–water partition coefficient (Wildman–Crippen LogP) is 2.84. The van der Waals surface area contributed by atoms with Crippen LogP contribution in [-0.2, 0) is 16.8 Å². The lowest BCUT2D eigenvalue weighted by Crippen LogP contribution is -2.66. The van der Waals surface area contributed by atoms with E-state index in [1.54, 1.807) is 0 Å². The topological polar surface area (TPSA) is 36.9 Å². The maximum atomic E-state index is 5.99. The molecule has 96 valence electrons. The van der Waals surface area contributed by atoms with E-state index in [0.29, 0.717) is 0 Å². The molecule has 0 N–H and O–H groups in total. The summed E-state index contributed by atoms with van der Waals surface area (Å²) in [5.41, 5.74) is 0. The van der Waals surface area contributed by atoms with E-state index in [9.17, 15) is 0 Å². The minimum absolute atomic E-state index is 0.730. The summed E-state index contributed by atoms with van der Waals surface area (Å²) in [7, 11) is -6.54. The largest absolute Gasteiger partial charge is 0.479 e. The van der Waals surface area contributed by atoms with Crippen molar-refractivity contribution in [2.24, 2.45) is 0 Å². The molecule has 0 aromatic heterocycles. The van der Waals surface area contributed by atoms with E-state index in [1.165, 1.54) is 0 Å². The van der Waals surface area contributed by atoms with Crippen LogP contribution >= 0.6 is 0 Å². The SMILES string of the molecule is CCCCO[Si]1(C)O[Si](C)(C)O[Si](C)(C)O1. The van der Waals surface area contributed by atoms with Crippen molar-refractivity contribution in [1.29, 1.82) is 0 Å². The Kier molecular flexibility index (Phi) is 4.55. The Bertz CT molecular complexity index is 229. The smallest absolute Gasteiger partial charge is 0.416 e. The molecule has 0 aromatic carbocycles. The number of rotatable bonds is 4. The van der Waals surface area contributed by atoms with Gasteiger partial charge in [0.2, 0.25) is 0 Å². The van der Waals surface area contributed by atoms with Gasteiger partial charge in [-0.1, -0.05) is 13.3 Å². The minimum Gasteiger partial charge on any atom is -0.416 e. The first-order valence-corrected chi connectivity index (χ1v) is 13.8. The molecular formula is C9H24O4Si3. The monoisotopic (exact) mass is 280 g/mol. The zero-order valence-electron chi connectivity index (χ0n) is 11.3. The second kappa shape index (κ2) is 5.01. The van der Waals surface area contributed by atoms with Crippen molar-refractivity contribution >= 4 is 25.9 Å². The highest BCUT2D eigenvalue weighted by Gasteiger charge is 2.54. The van der Waals surface area contributed by atoms with Crippen molar-refractivity contribution in [2.75, 3.05) is 6.61 Å². The van der Waals surface area contributed by atoms with Crippen LogP contribution < -0.4 is 0 Å². The summed E-state index contributed by atoms with van der Waals surface area (Å²) in [5, 5.41) is 0. The highest BCUT2D eigenvalue weighted by molar-refractivity contribution is 6.90. The van der Waals surface area contributed by atoms with Crippen LogP contribution in [0.1, 0.15) is 19.8 Å². The Hall–Kier alpha value is 0.491. The van der Waals surface area contributed by atoms with Gasteiger partial charge in [-0.25, -0.2) is 0 Å². The van der Waals surface area contributed by atoms with Gasteiger partial charge in [0.25, 0.3) is 0 Å². The summed E-state index contributed by atoms with van der Waals surface area (Å²) in [5.74, 6) is 0. The van der Waals surface area contributed by atoms with Crippen LogP contribution in [-0.4, -0.2) is 32.5 Å². The van der Waals surface area contributed by atoms with Gasteiger partial charge in [-0.15, -0.1) is 0 Å². The molecule has 1 heterocycles. The first-order chi connectivity index (χ1) is 7.18. The Balaban J connectivity index is 2.64. The molecule has 1 fully saturated rings. The average molecular weight is 281 g/mol. The number of hydrogen-bond donors (Lipinski definition) is 0. The molecule has 1 aliphatic heterocycles. The molecule has 0 saturated carbocycles. The highest BCUT2D eigenvalue weighted by Crippen LogP contribution is 2.30. The Morgan fingerprint density at radius 3 is 1.81 bits per heavy atom. The molecule has 0 atom stereocenters.